The number of fused-ring (bicyclic) bond motifs is 1. The van der Waals surface area contributed by atoms with Crippen LogP contribution in [0, 0.1) is 5.41 Å². The lowest BCUT2D eigenvalue weighted by Gasteiger charge is -2.24. The van der Waals surface area contributed by atoms with Gasteiger partial charge in [-0.3, -0.25) is 0 Å². The third kappa shape index (κ3) is 5.09. The molecule has 2 aromatic rings. The van der Waals surface area contributed by atoms with Crippen molar-refractivity contribution in [2.75, 3.05) is 24.5 Å². The highest BCUT2D eigenvalue weighted by atomic mass is 79.9. The Balaban J connectivity index is 2.32. The highest BCUT2D eigenvalue weighted by molar-refractivity contribution is 9.10. The maximum absolute atomic E-state index is 4.56. The van der Waals surface area contributed by atoms with Gasteiger partial charge in [-0.25, -0.2) is 20.0 Å². The third-order valence-corrected chi connectivity index (χ3v) is 5.98. The maximum atomic E-state index is 4.56. The van der Waals surface area contributed by atoms with Crippen LogP contribution in [0.4, 0.5) is 0 Å². The van der Waals surface area contributed by atoms with E-state index in [9.17, 15) is 0 Å². The summed E-state index contributed by atoms with van der Waals surface area (Å²) in [6, 6.07) is 0. The zero-order valence-corrected chi connectivity index (χ0v) is 18.2. The normalized spacial score (nSPS) is 13.5. The molecule has 2 rings (SSSR count). The highest BCUT2D eigenvalue weighted by Gasteiger charge is 2.18. The van der Waals surface area contributed by atoms with E-state index in [2.05, 4.69) is 82.8 Å². The van der Waals surface area contributed by atoms with E-state index >= 15 is 0 Å². The Kier molecular flexibility index (Phi) is 5.86. The molecule has 0 fully saturated rings. The number of hydrogen-bond donors (Lipinski definition) is 0. The van der Waals surface area contributed by atoms with Crippen molar-refractivity contribution in [2.24, 2.45) is 5.41 Å². The van der Waals surface area contributed by atoms with Crippen LogP contribution in [0.25, 0.3) is 16.7 Å². The molecule has 0 atom stereocenters. The Morgan fingerprint density at radius 1 is 1.25 bits per heavy atom. The first-order chi connectivity index (χ1) is 11.0. The SMILES string of the molecule is C=C(CC(C)(C)C)n1cc(Br)c2c(CCCS(C)(C)C)ncnc21. The summed E-state index contributed by atoms with van der Waals surface area (Å²) in [5, 5.41) is 1.14. The topological polar surface area (TPSA) is 30.7 Å². The molecule has 0 aromatic carbocycles. The first kappa shape index (κ1) is 19.5. The number of nitrogens with zero attached hydrogens (tertiary/aromatic N) is 3. The van der Waals surface area contributed by atoms with Crippen LogP contribution in [0.1, 0.15) is 39.3 Å². The molecule has 3 nitrogen and oxygen atoms in total. The number of aryl methyl sites for hydroxylation is 1. The molecule has 0 saturated heterocycles. The smallest absolute Gasteiger partial charge is 0.149 e. The van der Waals surface area contributed by atoms with Crippen LogP contribution in [0.3, 0.4) is 0 Å². The van der Waals surface area contributed by atoms with E-state index in [-0.39, 0.29) is 5.41 Å². The van der Waals surface area contributed by atoms with Crippen molar-refractivity contribution in [3.8, 4) is 0 Å². The molecule has 0 saturated carbocycles. The maximum Gasteiger partial charge on any atom is 0.149 e. The Morgan fingerprint density at radius 3 is 2.50 bits per heavy atom. The lowest BCUT2D eigenvalue weighted by atomic mass is 9.91. The summed E-state index contributed by atoms with van der Waals surface area (Å²) in [7, 11) is -0.461. The van der Waals surface area contributed by atoms with E-state index in [1.54, 1.807) is 6.33 Å². The molecule has 0 bridgehead atoms. The molecule has 0 radical (unpaired) electrons. The lowest BCUT2D eigenvalue weighted by molar-refractivity contribution is 0.422. The molecule has 0 spiro atoms. The molecular weight excluding hydrogens is 382 g/mol. The van der Waals surface area contributed by atoms with E-state index < -0.39 is 10.0 Å². The second kappa shape index (κ2) is 7.20. The van der Waals surface area contributed by atoms with E-state index in [0.717, 1.165) is 39.7 Å². The van der Waals surface area contributed by atoms with Gasteiger partial charge in [0.1, 0.15) is 12.0 Å². The highest BCUT2D eigenvalue weighted by Crippen LogP contribution is 2.36. The fourth-order valence-electron chi connectivity index (χ4n) is 2.88. The van der Waals surface area contributed by atoms with E-state index in [0.29, 0.717) is 0 Å². The first-order valence-corrected chi connectivity index (χ1v) is 12.1. The van der Waals surface area contributed by atoms with Crippen molar-refractivity contribution >= 4 is 42.7 Å². The van der Waals surface area contributed by atoms with Crippen molar-refractivity contribution in [3.63, 3.8) is 0 Å². The van der Waals surface area contributed by atoms with Crippen molar-refractivity contribution in [1.29, 1.82) is 0 Å². The van der Waals surface area contributed by atoms with Gasteiger partial charge in [-0.2, -0.15) is 0 Å². The van der Waals surface area contributed by atoms with Gasteiger partial charge in [-0.15, -0.1) is 0 Å². The van der Waals surface area contributed by atoms with Crippen LogP contribution in [-0.4, -0.2) is 39.1 Å². The molecule has 0 aliphatic carbocycles. The molecule has 0 N–H and O–H groups in total. The molecule has 0 unspecified atom stereocenters. The molecule has 2 heterocycles. The average Bonchev–Trinajstić information content (AvgIpc) is 2.74. The van der Waals surface area contributed by atoms with Crippen LogP contribution >= 0.6 is 26.0 Å². The molecule has 0 amide bonds. The Hall–Kier alpha value is -0.810. The molecular formula is C19H30BrN3S. The molecule has 0 aliphatic rings. The second-order valence-electron chi connectivity index (χ2n) is 8.57. The number of hydrogen-bond acceptors (Lipinski definition) is 2. The van der Waals surface area contributed by atoms with Crippen molar-refractivity contribution in [3.05, 3.63) is 29.3 Å². The van der Waals surface area contributed by atoms with Gasteiger partial charge in [-0.1, -0.05) is 27.4 Å². The van der Waals surface area contributed by atoms with Gasteiger partial charge in [0.05, 0.1) is 11.1 Å². The minimum atomic E-state index is -0.461. The van der Waals surface area contributed by atoms with Crippen LogP contribution in [0.15, 0.2) is 23.6 Å². The average molecular weight is 412 g/mol. The van der Waals surface area contributed by atoms with E-state index in [4.69, 9.17) is 0 Å². The fourth-order valence-corrected chi connectivity index (χ4v) is 4.50. The second-order valence-corrected chi connectivity index (χ2v) is 14.0. The summed E-state index contributed by atoms with van der Waals surface area (Å²) in [5.74, 6) is 1.27. The minimum Gasteiger partial charge on any atom is -0.304 e. The van der Waals surface area contributed by atoms with Gasteiger partial charge in [-0.05, 0) is 65.1 Å². The Bertz CT molecular complexity index is 735. The summed E-state index contributed by atoms with van der Waals surface area (Å²) in [6.07, 6.45) is 14.0. The number of aromatic nitrogens is 3. The molecule has 5 heteroatoms. The monoisotopic (exact) mass is 411 g/mol. The van der Waals surface area contributed by atoms with Gasteiger partial charge in [0.2, 0.25) is 0 Å². The Labute approximate surface area is 156 Å². The Morgan fingerprint density at radius 2 is 1.92 bits per heavy atom. The largest absolute Gasteiger partial charge is 0.304 e. The fraction of sp³-hybridized carbons (Fsp3) is 0.579. The van der Waals surface area contributed by atoms with Crippen LogP contribution < -0.4 is 0 Å². The van der Waals surface area contributed by atoms with E-state index in [1.165, 1.54) is 12.2 Å². The third-order valence-electron chi connectivity index (χ3n) is 3.86. The van der Waals surface area contributed by atoms with Gasteiger partial charge in [0.25, 0.3) is 0 Å². The summed E-state index contributed by atoms with van der Waals surface area (Å²) in [6.45, 7) is 11.0. The van der Waals surface area contributed by atoms with Crippen LogP contribution in [0.2, 0.25) is 0 Å². The van der Waals surface area contributed by atoms with Crippen LogP contribution in [-0.2, 0) is 6.42 Å². The quantitative estimate of drug-likeness (QED) is 0.607. The van der Waals surface area contributed by atoms with Gasteiger partial charge in [0, 0.05) is 16.4 Å². The van der Waals surface area contributed by atoms with Crippen molar-refractivity contribution in [1.82, 2.24) is 14.5 Å². The summed E-state index contributed by atoms with van der Waals surface area (Å²) >= 11 is 3.71. The standard InChI is InChI=1S/C19H30BrN3S/c1-14(11-19(2,3)4)23-12-15(20)17-16(21-13-22-18(17)23)9-8-10-24(5,6)7/h12-13H,1,8-11H2,2-7H3. The van der Waals surface area contributed by atoms with Crippen molar-refractivity contribution < 1.29 is 0 Å². The van der Waals surface area contributed by atoms with E-state index in [1.807, 2.05) is 0 Å². The first-order valence-electron chi connectivity index (χ1n) is 8.32. The van der Waals surface area contributed by atoms with Gasteiger partial charge >= 0.3 is 0 Å². The predicted octanol–water partition coefficient (Wildman–Crippen LogP) is 5.73. The number of halogens is 1. The number of rotatable bonds is 6. The zero-order valence-electron chi connectivity index (χ0n) is 15.8. The van der Waals surface area contributed by atoms with Gasteiger partial charge in [0.15, 0.2) is 0 Å². The molecule has 2 aromatic heterocycles. The lowest BCUT2D eigenvalue weighted by Crippen LogP contribution is -2.09. The van der Waals surface area contributed by atoms with Gasteiger partial charge < -0.3 is 4.57 Å². The molecule has 24 heavy (non-hydrogen) atoms. The summed E-state index contributed by atoms with van der Waals surface area (Å²) in [5.41, 5.74) is 3.37. The molecule has 134 valence electrons. The van der Waals surface area contributed by atoms with Crippen LogP contribution in [0.5, 0.6) is 0 Å². The summed E-state index contributed by atoms with van der Waals surface area (Å²) in [4.78, 5) is 9.10. The summed E-state index contributed by atoms with van der Waals surface area (Å²) < 4.78 is 3.18. The predicted molar refractivity (Wildman–Crippen MR) is 113 cm³/mol. The van der Waals surface area contributed by atoms with Crippen molar-refractivity contribution in [2.45, 2.75) is 40.0 Å². The molecule has 0 aliphatic heterocycles. The zero-order chi connectivity index (χ0) is 18.1. The minimum absolute atomic E-state index is 0.200. The number of allylic oxidation sites excluding steroid dienone is 1.